The van der Waals surface area contributed by atoms with Gasteiger partial charge < -0.3 is 30.5 Å². The molecule has 1 fully saturated rings. The average molecular weight is 391 g/mol. The molecule has 2 atom stereocenters. The summed E-state index contributed by atoms with van der Waals surface area (Å²) in [7, 11) is 1.00. The molecule has 1 aromatic heterocycles. The number of rotatable bonds is 4. The van der Waals surface area contributed by atoms with Gasteiger partial charge in [0.1, 0.15) is 6.23 Å². The first kappa shape index (κ1) is 24.9. The van der Waals surface area contributed by atoms with Crippen LogP contribution in [0.4, 0.5) is 0 Å². The molecule has 1 aliphatic heterocycles. The number of nitrogens with two attached hydrogens (primary N) is 1. The topological polar surface area (TPSA) is 177 Å². The molecule has 0 bridgehead atoms. The predicted molar refractivity (Wildman–Crippen MR) is 95.6 cm³/mol. The minimum Gasteiger partial charge on any atom is -0.405 e. The summed E-state index contributed by atoms with van der Waals surface area (Å²) in [5, 5.41) is 26.5. The van der Waals surface area contributed by atoms with Gasteiger partial charge >= 0.3 is 17.6 Å². The van der Waals surface area contributed by atoms with E-state index in [0.29, 0.717) is 5.56 Å². The van der Waals surface area contributed by atoms with Gasteiger partial charge in [0.2, 0.25) is 0 Å². The number of aliphatic hydroxyl groups is 3. The summed E-state index contributed by atoms with van der Waals surface area (Å²) < 4.78 is 10.9. The number of aryl methyl sites for hydroxylation is 1. The number of esters is 1. The van der Waals surface area contributed by atoms with E-state index in [0.717, 1.165) is 11.7 Å². The van der Waals surface area contributed by atoms with Gasteiger partial charge in [-0.1, -0.05) is 20.3 Å². The monoisotopic (exact) mass is 391 g/mol. The summed E-state index contributed by atoms with van der Waals surface area (Å²) in [6, 6.07) is 0. The Morgan fingerprint density at radius 2 is 1.93 bits per heavy atom. The molecule has 2 unspecified atom stereocenters. The molecule has 0 saturated carbocycles. The molecule has 1 aliphatic rings. The first-order valence-electron chi connectivity index (χ1n) is 8.45. The van der Waals surface area contributed by atoms with Crippen molar-refractivity contribution in [3.63, 3.8) is 0 Å². The van der Waals surface area contributed by atoms with E-state index >= 15 is 0 Å². The molecule has 2 rings (SSSR count). The summed E-state index contributed by atoms with van der Waals surface area (Å²) in [5.74, 6) is -3.85. The summed E-state index contributed by atoms with van der Waals surface area (Å²) >= 11 is 0. The van der Waals surface area contributed by atoms with Crippen LogP contribution in [0.25, 0.3) is 0 Å². The zero-order valence-corrected chi connectivity index (χ0v) is 16.0. The Morgan fingerprint density at radius 1 is 1.37 bits per heavy atom. The minimum atomic E-state index is -2.84. The Bertz CT molecular complexity index is 698. The standard InChI is InChI=1S/C12H17N3O7.C3H8.CH4O/c1-6-5-15(11(18)14-10(6)17)8-3-2-7(21-8)12(19,20)22-9(16)4-13;1-3-2;1-2/h5,7-8,19-20H,2-4,13H2,1H3,(H,14,17,18);3H2,1-2H3;2H,1H3. The van der Waals surface area contributed by atoms with Gasteiger partial charge in [0.25, 0.3) is 5.56 Å². The molecular weight excluding hydrogens is 362 g/mol. The van der Waals surface area contributed by atoms with Crippen LogP contribution >= 0.6 is 0 Å². The molecule has 156 valence electrons. The van der Waals surface area contributed by atoms with E-state index in [4.69, 9.17) is 15.6 Å². The van der Waals surface area contributed by atoms with E-state index < -0.39 is 42.1 Å². The maximum atomic E-state index is 11.8. The Hall–Kier alpha value is -2.05. The second-order valence-corrected chi connectivity index (χ2v) is 5.68. The van der Waals surface area contributed by atoms with Gasteiger partial charge in [0, 0.05) is 18.9 Å². The molecule has 1 aromatic rings. The highest BCUT2D eigenvalue weighted by Gasteiger charge is 2.45. The third kappa shape index (κ3) is 7.23. The van der Waals surface area contributed by atoms with Crippen molar-refractivity contribution in [1.29, 1.82) is 0 Å². The van der Waals surface area contributed by atoms with E-state index in [1.807, 2.05) is 0 Å². The fourth-order valence-corrected chi connectivity index (χ4v) is 2.18. The zero-order chi connectivity index (χ0) is 21.2. The number of hydrogen-bond donors (Lipinski definition) is 5. The van der Waals surface area contributed by atoms with E-state index in [-0.39, 0.29) is 12.8 Å². The van der Waals surface area contributed by atoms with Crippen molar-refractivity contribution in [3.8, 4) is 0 Å². The molecule has 0 aromatic carbocycles. The zero-order valence-electron chi connectivity index (χ0n) is 16.0. The minimum absolute atomic E-state index is 0.125. The fourth-order valence-electron chi connectivity index (χ4n) is 2.18. The lowest BCUT2D eigenvalue weighted by atomic mass is 10.2. The first-order chi connectivity index (χ1) is 12.7. The van der Waals surface area contributed by atoms with Gasteiger partial charge in [-0.2, -0.15) is 0 Å². The second-order valence-electron chi connectivity index (χ2n) is 5.68. The summed E-state index contributed by atoms with van der Waals surface area (Å²) in [4.78, 5) is 36.3. The van der Waals surface area contributed by atoms with Gasteiger partial charge in [-0.05, 0) is 19.8 Å². The van der Waals surface area contributed by atoms with Crippen LogP contribution in [0.3, 0.4) is 0 Å². The Kier molecular flexibility index (Phi) is 10.7. The third-order valence-electron chi connectivity index (χ3n) is 3.30. The molecule has 0 amide bonds. The molecule has 1 saturated heterocycles. The van der Waals surface area contributed by atoms with Gasteiger partial charge in [0.05, 0.1) is 6.54 Å². The van der Waals surface area contributed by atoms with Crippen molar-refractivity contribution in [2.75, 3.05) is 13.7 Å². The summed E-state index contributed by atoms with van der Waals surface area (Å²) in [6.45, 7) is 5.25. The predicted octanol–water partition coefficient (Wildman–Crippen LogP) is -1.31. The summed E-state index contributed by atoms with van der Waals surface area (Å²) in [5.41, 5.74) is 4.15. The SMILES string of the molecule is CCC.CO.Cc1cn(C2CCC(C(O)(O)OC(=O)CN)O2)c(=O)[nH]c1=O. The van der Waals surface area contributed by atoms with Gasteiger partial charge in [0.15, 0.2) is 6.10 Å². The Balaban J connectivity index is 0.00000123. The van der Waals surface area contributed by atoms with Crippen LogP contribution in [0.15, 0.2) is 15.8 Å². The molecule has 27 heavy (non-hydrogen) atoms. The van der Waals surface area contributed by atoms with Gasteiger partial charge in [-0.3, -0.25) is 19.1 Å². The Labute approximate surface area is 156 Å². The number of aromatic amines is 1. The highest BCUT2D eigenvalue weighted by atomic mass is 16.8. The molecule has 0 radical (unpaired) electrons. The lowest BCUT2D eigenvalue weighted by Crippen LogP contribution is -2.47. The van der Waals surface area contributed by atoms with Gasteiger partial charge in [-0.25, -0.2) is 4.79 Å². The highest BCUT2D eigenvalue weighted by Crippen LogP contribution is 2.32. The number of ether oxygens (including phenoxy) is 2. The van der Waals surface area contributed by atoms with Crippen LogP contribution in [0, 0.1) is 6.92 Å². The largest absolute Gasteiger partial charge is 0.405 e. The number of nitrogens with zero attached hydrogens (tertiary/aromatic N) is 1. The maximum absolute atomic E-state index is 11.8. The van der Waals surface area contributed by atoms with Crippen molar-refractivity contribution in [3.05, 3.63) is 32.6 Å². The van der Waals surface area contributed by atoms with Gasteiger partial charge in [-0.15, -0.1) is 0 Å². The average Bonchev–Trinajstić information content (AvgIpc) is 3.11. The number of nitrogens with one attached hydrogen (secondary N) is 1. The quantitative estimate of drug-likeness (QED) is 0.308. The molecule has 6 N–H and O–H groups in total. The molecular formula is C16H29N3O8. The molecule has 11 heteroatoms. The lowest BCUT2D eigenvalue weighted by Gasteiger charge is -2.27. The lowest BCUT2D eigenvalue weighted by molar-refractivity contribution is -0.362. The molecule has 0 aliphatic carbocycles. The fraction of sp³-hybridized carbons (Fsp3) is 0.688. The number of carbonyl (C=O) groups excluding carboxylic acids is 1. The van der Waals surface area contributed by atoms with Crippen molar-refractivity contribution in [2.45, 2.75) is 58.3 Å². The van der Waals surface area contributed by atoms with Crippen molar-refractivity contribution in [1.82, 2.24) is 9.55 Å². The van der Waals surface area contributed by atoms with E-state index in [2.05, 4.69) is 23.6 Å². The van der Waals surface area contributed by atoms with Crippen LogP contribution in [0.2, 0.25) is 0 Å². The van der Waals surface area contributed by atoms with Crippen LogP contribution in [-0.4, -0.2) is 56.6 Å². The van der Waals surface area contributed by atoms with Crippen molar-refractivity contribution in [2.24, 2.45) is 5.73 Å². The van der Waals surface area contributed by atoms with E-state index in [9.17, 15) is 24.6 Å². The van der Waals surface area contributed by atoms with Crippen molar-refractivity contribution < 1.29 is 29.6 Å². The van der Waals surface area contributed by atoms with Crippen LogP contribution < -0.4 is 17.0 Å². The number of aromatic nitrogens is 2. The van der Waals surface area contributed by atoms with Crippen LogP contribution in [-0.2, 0) is 14.3 Å². The Morgan fingerprint density at radius 3 is 2.44 bits per heavy atom. The number of carbonyl (C=O) groups is 1. The number of H-pyrrole nitrogens is 1. The normalized spacial score (nSPS) is 18.7. The molecule has 11 nitrogen and oxygen atoms in total. The number of aliphatic hydroxyl groups excluding tert-OH is 1. The first-order valence-corrected chi connectivity index (χ1v) is 8.45. The number of hydrogen-bond acceptors (Lipinski definition) is 9. The van der Waals surface area contributed by atoms with E-state index in [1.165, 1.54) is 19.5 Å². The van der Waals surface area contributed by atoms with Crippen molar-refractivity contribution >= 4 is 5.97 Å². The van der Waals surface area contributed by atoms with Crippen LogP contribution in [0.5, 0.6) is 0 Å². The molecule has 2 heterocycles. The smallest absolute Gasteiger partial charge is 0.352 e. The second kappa shape index (κ2) is 11.6. The highest BCUT2D eigenvalue weighted by molar-refractivity contribution is 5.71. The third-order valence-corrected chi connectivity index (χ3v) is 3.30. The van der Waals surface area contributed by atoms with E-state index in [1.54, 1.807) is 0 Å². The maximum Gasteiger partial charge on any atom is 0.352 e. The molecule has 0 spiro atoms. The van der Waals surface area contributed by atoms with Crippen LogP contribution in [0.1, 0.15) is 44.9 Å². The summed E-state index contributed by atoms with van der Waals surface area (Å²) in [6.07, 6.45) is 0.894.